The second kappa shape index (κ2) is 7.41. The van der Waals surface area contributed by atoms with Crippen molar-refractivity contribution >= 4 is 6.08 Å². The molecule has 2 aromatic carbocycles. The molecule has 3 aromatic rings. The molecule has 0 aliphatic heterocycles. The Kier molecular flexibility index (Phi) is 4.86. The average Bonchev–Trinajstić information content (AvgIpc) is 2.67. The van der Waals surface area contributed by atoms with E-state index in [4.69, 9.17) is 0 Å². The number of rotatable bonds is 3. The van der Waals surface area contributed by atoms with Gasteiger partial charge in [-0.15, -0.1) is 0 Å². The van der Waals surface area contributed by atoms with E-state index in [9.17, 15) is 5.11 Å². The van der Waals surface area contributed by atoms with E-state index < -0.39 is 5.60 Å². The standard InChI is InChI=1S/C22H17NO/c24-22(21-12-7-17-23-18-21,15-13-19-8-3-1-4-9-19)16-14-20-10-5-2-6-11-20/h1-13,15,17-18,24H/b15-13+. The second-order valence-corrected chi connectivity index (χ2v) is 5.37. The molecule has 1 heterocycles. The zero-order valence-corrected chi connectivity index (χ0v) is 13.1. The van der Waals surface area contributed by atoms with Crippen molar-refractivity contribution in [2.45, 2.75) is 5.60 Å². The molecule has 1 aromatic heterocycles. The SMILES string of the molecule is OC(C#Cc1ccccc1)(/C=C/c1ccccc1)c1cccnc1. The lowest BCUT2D eigenvalue weighted by molar-refractivity contribution is 0.154. The highest BCUT2D eigenvalue weighted by molar-refractivity contribution is 5.54. The van der Waals surface area contributed by atoms with Crippen LogP contribution in [0.4, 0.5) is 0 Å². The Balaban J connectivity index is 1.99. The summed E-state index contributed by atoms with van der Waals surface area (Å²) in [5.41, 5.74) is 1.09. The summed E-state index contributed by atoms with van der Waals surface area (Å²) in [5, 5.41) is 11.1. The van der Waals surface area contributed by atoms with E-state index in [1.807, 2.05) is 72.8 Å². The summed E-state index contributed by atoms with van der Waals surface area (Å²) in [5.74, 6) is 6.02. The third kappa shape index (κ3) is 3.98. The molecule has 0 bridgehead atoms. The van der Waals surface area contributed by atoms with Gasteiger partial charge in [-0.3, -0.25) is 4.98 Å². The fourth-order valence-corrected chi connectivity index (χ4v) is 2.27. The van der Waals surface area contributed by atoms with Gasteiger partial charge in [0.1, 0.15) is 0 Å². The minimum atomic E-state index is -1.40. The molecule has 2 nitrogen and oxygen atoms in total. The first-order valence-electron chi connectivity index (χ1n) is 7.72. The fraction of sp³-hybridized carbons (Fsp3) is 0.0455. The van der Waals surface area contributed by atoms with Crippen molar-refractivity contribution in [3.63, 3.8) is 0 Å². The molecule has 1 atom stereocenters. The van der Waals surface area contributed by atoms with Crippen LogP contribution in [-0.2, 0) is 5.60 Å². The topological polar surface area (TPSA) is 33.1 Å². The quantitative estimate of drug-likeness (QED) is 0.741. The maximum atomic E-state index is 11.1. The minimum Gasteiger partial charge on any atom is -0.370 e. The molecule has 0 saturated carbocycles. The lowest BCUT2D eigenvalue weighted by atomic mass is 9.94. The summed E-state index contributed by atoms with van der Waals surface area (Å²) < 4.78 is 0. The van der Waals surface area contributed by atoms with Gasteiger partial charge in [0.2, 0.25) is 0 Å². The lowest BCUT2D eigenvalue weighted by Gasteiger charge is -2.18. The summed E-state index contributed by atoms with van der Waals surface area (Å²) in [6, 6.07) is 23.1. The van der Waals surface area contributed by atoms with Gasteiger partial charge in [-0.05, 0) is 29.8 Å². The molecular formula is C22H17NO. The van der Waals surface area contributed by atoms with Crippen LogP contribution in [0.2, 0.25) is 0 Å². The first-order valence-corrected chi connectivity index (χ1v) is 7.72. The summed E-state index contributed by atoms with van der Waals surface area (Å²) in [6.45, 7) is 0. The summed E-state index contributed by atoms with van der Waals surface area (Å²) in [4.78, 5) is 4.10. The van der Waals surface area contributed by atoms with E-state index in [2.05, 4.69) is 16.8 Å². The summed E-state index contributed by atoms with van der Waals surface area (Å²) in [6.07, 6.45) is 6.88. The zero-order valence-electron chi connectivity index (χ0n) is 13.1. The second-order valence-electron chi connectivity index (χ2n) is 5.37. The highest BCUT2D eigenvalue weighted by Gasteiger charge is 2.23. The van der Waals surface area contributed by atoms with Gasteiger partial charge >= 0.3 is 0 Å². The lowest BCUT2D eigenvalue weighted by Crippen LogP contribution is -2.20. The Morgan fingerprint density at radius 1 is 0.875 bits per heavy atom. The van der Waals surface area contributed by atoms with Crippen LogP contribution in [0.3, 0.4) is 0 Å². The van der Waals surface area contributed by atoms with E-state index >= 15 is 0 Å². The van der Waals surface area contributed by atoms with Crippen molar-refractivity contribution in [1.82, 2.24) is 4.98 Å². The van der Waals surface area contributed by atoms with Gasteiger partial charge < -0.3 is 5.11 Å². The molecule has 0 spiro atoms. The Hall–Kier alpha value is -3.15. The zero-order chi connectivity index (χ0) is 16.7. The molecule has 1 unspecified atom stereocenters. The van der Waals surface area contributed by atoms with Crippen LogP contribution in [0.1, 0.15) is 16.7 Å². The van der Waals surface area contributed by atoms with Crippen LogP contribution in [0.5, 0.6) is 0 Å². The van der Waals surface area contributed by atoms with Crippen molar-refractivity contribution in [2.24, 2.45) is 0 Å². The average molecular weight is 311 g/mol. The molecule has 0 aliphatic rings. The first-order chi connectivity index (χ1) is 11.8. The number of pyridine rings is 1. The van der Waals surface area contributed by atoms with Crippen LogP contribution in [-0.4, -0.2) is 10.1 Å². The number of aliphatic hydroxyl groups is 1. The highest BCUT2D eigenvalue weighted by atomic mass is 16.3. The Morgan fingerprint density at radius 2 is 1.58 bits per heavy atom. The van der Waals surface area contributed by atoms with Crippen LogP contribution in [0.25, 0.3) is 6.08 Å². The van der Waals surface area contributed by atoms with E-state index in [1.165, 1.54) is 0 Å². The van der Waals surface area contributed by atoms with Crippen LogP contribution >= 0.6 is 0 Å². The first kappa shape index (κ1) is 15.7. The van der Waals surface area contributed by atoms with Gasteiger partial charge in [0, 0.05) is 23.5 Å². The maximum Gasteiger partial charge on any atom is 0.172 e. The number of nitrogens with zero attached hydrogens (tertiary/aromatic N) is 1. The molecule has 0 fully saturated rings. The summed E-state index contributed by atoms with van der Waals surface area (Å²) in [7, 11) is 0. The molecule has 116 valence electrons. The molecule has 0 radical (unpaired) electrons. The molecule has 0 saturated heterocycles. The molecule has 0 amide bonds. The van der Waals surface area contributed by atoms with Gasteiger partial charge in [0.05, 0.1) is 0 Å². The van der Waals surface area contributed by atoms with Crippen LogP contribution in [0, 0.1) is 11.8 Å². The smallest absolute Gasteiger partial charge is 0.172 e. The number of hydrogen-bond donors (Lipinski definition) is 1. The molecule has 3 rings (SSSR count). The minimum absolute atomic E-state index is 0.639. The monoisotopic (exact) mass is 311 g/mol. The van der Waals surface area contributed by atoms with Gasteiger partial charge in [-0.25, -0.2) is 0 Å². The van der Waals surface area contributed by atoms with Gasteiger partial charge in [-0.2, -0.15) is 0 Å². The summed E-state index contributed by atoms with van der Waals surface area (Å²) >= 11 is 0. The Bertz CT molecular complexity index is 861. The molecule has 1 N–H and O–H groups in total. The predicted molar refractivity (Wildman–Crippen MR) is 96.9 cm³/mol. The largest absolute Gasteiger partial charge is 0.370 e. The molecule has 24 heavy (non-hydrogen) atoms. The van der Waals surface area contributed by atoms with Gasteiger partial charge in [-0.1, -0.05) is 72.5 Å². The number of benzene rings is 2. The third-order valence-corrected chi connectivity index (χ3v) is 3.59. The number of hydrogen-bond acceptors (Lipinski definition) is 2. The number of aromatic nitrogens is 1. The van der Waals surface area contributed by atoms with Gasteiger partial charge in [0.15, 0.2) is 5.60 Å². The Morgan fingerprint density at radius 3 is 2.25 bits per heavy atom. The van der Waals surface area contributed by atoms with E-state index in [0.29, 0.717) is 5.56 Å². The highest BCUT2D eigenvalue weighted by Crippen LogP contribution is 2.22. The fourth-order valence-electron chi connectivity index (χ4n) is 2.27. The third-order valence-electron chi connectivity index (χ3n) is 3.59. The molecular weight excluding hydrogens is 294 g/mol. The van der Waals surface area contributed by atoms with Crippen LogP contribution in [0.15, 0.2) is 91.3 Å². The molecule has 0 aliphatic carbocycles. The van der Waals surface area contributed by atoms with Crippen molar-refractivity contribution < 1.29 is 5.11 Å². The van der Waals surface area contributed by atoms with E-state index in [0.717, 1.165) is 11.1 Å². The predicted octanol–water partition coefficient (Wildman–Crippen LogP) is 4.03. The van der Waals surface area contributed by atoms with Crippen molar-refractivity contribution in [2.75, 3.05) is 0 Å². The van der Waals surface area contributed by atoms with Crippen molar-refractivity contribution in [3.05, 3.63) is 108 Å². The van der Waals surface area contributed by atoms with Gasteiger partial charge in [0.25, 0.3) is 0 Å². The van der Waals surface area contributed by atoms with E-state index in [1.54, 1.807) is 24.5 Å². The Labute approximate surface area is 142 Å². The normalized spacial score (nSPS) is 13.0. The van der Waals surface area contributed by atoms with Crippen LogP contribution < -0.4 is 0 Å². The molecule has 2 heteroatoms. The van der Waals surface area contributed by atoms with Crippen molar-refractivity contribution in [3.8, 4) is 11.8 Å². The maximum absolute atomic E-state index is 11.1. The van der Waals surface area contributed by atoms with Crippen molar-refractivity contribution in [1.29, 1.82) is 0 Å². The van der Waals surface area contributed by atoms with E-state index in [-0.39, 0.29) is 0 Å².